The van der Waals surface area contributed by atoms with E-state index in [1.54, 1.807) is 26.8 Å². The zero-order chi connectivity index (χ0) is 14.6. The minimum absolute atomic E-state index is 0.0143. The molecule has 0 unspecified atom stereocenters. The highest BCUT2D eigenvalue weighted by atomic mass is 35.5. The fraction of sp³-hybridized carbons (Fsp3) is 0.538. The van der Waals surface area contributed by atoms with Gasteiger partial charge in [0.15, 0.2) is 0 Å². The molecule has 2 N–H and O–H groups in total. The summed E-state index contributed by atoms with van der Waals surface area (Å²) >= 11 is 7.27. The molecule has 1 aromatic heterocycles. The third kappa shape index (κ3) is 5.20. The molecule has 0 saturated carbocycles. The van der Waals surface area contributed by atoms with E-state index in [0.717, 1.165) is 4.88 Å². The molecule has 1 aromatic rings. The third-order valence-electron chi connectivity index (χ3n) is 2.49. The molecule has 0 bridgehead atoms. The molecule has 6 heteroatoms. The predicted molar refractivity (Wildman–Crippen MR) is 78.4 cm³/mol. The number of hydrogen-bond acceptors (Lipinski definition) is 3. The first-order valence-corrected chi connectivity index (χ1v) is 7.22. The molecule has 4 nitrogen and oxygen atoms in total. The number of thiophene rings is 1. The van der Waals surface area contributed by atoms with E-state index in [4.69, 9.17) is 11.6 Å². The second kappa shape index (κ2) is 6.39. The van der Waals surface area contributed by atoms with Gasteiger partial charge < -0.3 is 10.6 Å². The van der Waals surface area contributed by atoms with Gasteiger partial charge in [-0.3, -0.25) is 9.59 Å². The van der Waals surface area contributed by atoms with Crippen molar-refractivity contribution >= 4 is 34.8 Å². The van der Waals surface area contributed by atoms with Gasteiger partial charge in [0, 0.05) is 10.3 Å². The first-order chi connectivity index (χ1) is 8.70. The number of halogens is 1. The van der Waals surface area contributed by atoms with Gasteiger partial charge in [0.1, 0.15) is 0 Å². The van der Waals surface area contributed by atoms with Crippen molar-refractivity contribution in [2.45, 2.75) is 33.7 Å². The lowest BCUT2D eigenvalue weighted by molar-refractivity contribution is -0.131. The van der Waals surface area contributed by atoms with Crippen LogP contribution in [0.5, 0.6) is 0 Å². The Morgan fingerprint density at radius 3 is 2.47 bits per heavy atom. The average Bonchev–Trinajstić information content (AvgIpc) is 2.71. The lowest BCUT2D eigenvalue weighted by atomic mass is 9.96. The van der Waals surface area contributed by atoms with Crippen LogP contribution in [-0.2, 0) is 9.59 Å². The van der Waals surface area contributed by atoms with Gasteiger partial charge in [0.2, 0.25) is 11.8 Å². The summed E-state index contributed by atoms with van der Waals surface area (Å²) in [6.07, 6.45) is 0. The molecule has 0 aliphatic carbocycles. The van der Waals surface area contributed by atoms with Crippen molar-refractivity contribution in [1.82, 2.24) is 10.6 Å². The SMILES string of the molecule is C[C@@H](NC(=O)CNC(=O)C(C)(C)C)c1ccc(Cl)s1. The van der Waals surface area contributed by atoms with Gasteiger partial charge in [-0.2, -0.15) is 0 Å². The van der Waals surface area contributed by atoms with Gasteiger partial charge in [0.25, 0.3) is 0 Å². The molecule has 0 radical (unpaired) electrons. The molecular formula is C13H19ClN2O2S. The molecule has 106 valence electrons. The van der Waals surface area contributed by atoms with Crippen molar-refractivity contribution < 1.29 is 9.59 Å². The Bertz CT molecular complexity index is 465. The van der Waals surface area contributed by atoms with Gasteiger partial charge in [-0.15, -0.1) is 11.3 Å². The highest BCUT2D eigenvalue weighted by Gasteiger charge is 2.21. The summed E-state index contributed by atoms with van der Waals surface area (Å²) in [5.74, 6) is -0.357. The molecule has 0 aromatic carbocycles. The minimum Gasteiger partial charge on any atom is -0.347 e. The van der Waals surface area contributed by atoms with Crippen molar-refractivity contribution in [3.8, 4) is 0 Å². The largest absolute Gasteiger partial charge is 0.347 e. The summed E-state index contributed by atoms with van der Waals surface area (Å²) in [5.41, 5.74) is -0.493. The zero-order valence-electron chi connectivity index (χ0n) is 11.5. The van der Waals surface area contributed by atoms with Gasteiger partial charge in [-0.25, -0.2) is 0 Å². The molecule has 0 spiro atoms. The Morgan fingerprint density at radius 1 is 1.37 bits per heavy atom. The monoisotopic (exact) mass is 302 g/mol. The van der Waals surface area contributed by atoms with Gasteiger partial charge in [0.05, 0.1) is 16.9 Å². The maximum atomic E-state index is 11.7. The number of carbonyl (C=O) groups excluding carboxylic acids is 2. The van der Waals surface area contributed by atoms with Crippen LogP contribution in [0.2, 0.25) is 4.34 Å². The van der Waals surface area contributed by atoms with Crippen LogP contribution in [0.3, 0.4) is 0 Å². The summed E-state index contributed by atoms with van der Waals surface area (Å²) in [6, 6.07) is 3.56. The number of nitrogens with one attached hydrogen (secondary N) is 2. The number of amides is 2. The van der Waals surface area contributed by atoms with E-state index >= 15 is 0 Å². The van der Waals surface area contributed by atoms with Crippen molar-refractivity contribution in [3.63, 3.8) is 0 Å². The Kier molecular flexibility index (Phi) is 5.38. The fourth-order valence-electron chi connectivity index (χ4n) is 1.35. The molecular weight excluding hydrogens is 284 g/mol. The van der Waals surface area contributed by atoms with Crippen molar-refractivity contribution in [1.29, 1.82) is 0 Å². The maximum Gasteiger partial charge on any atom is 0.239 e. The third-order valence-corrected chi connectivity index (χ3v) is 3.90. The van der Waals surface area contributed by atoms with E-state index in [2.05, 4.69) is 10.6 Å². The second-order valence-electron chi connectivity index (χ2n) is 5.36. The Morgan fingerprint density at radius 2 is 2.00 bits per heavy atom. The summed E-state index contributed by atoms with van der Waals surface area (Å²) in [4.78, 5) is 24.3. The molecule has 2 amide bonds. The van der Waals surface area contributed by atoms with Crippen LogP contribution in [0.1, 0.15) is 38.6 Å². The normalized spacial score (nSPS) is 12.9. The van der Waals surface area contributed by atoms with Crippen molar-refractivity contribution in [2.24, 2.45) is 5.41 Å². The van der Waals surface area contributed by atoms with Crippen LogP contribution in [-0.4, -0.2) is 18.4 Å². The quantitative estimate of drug-likeness (QED) is 0.898. The van der Waals surface area contributed by atoms with Crippen molar-refractivity contribution in [2.75, 3.05) is 6.54 Å². The smallest absolute Gasteiger partial charge is 0.239 e. The Labute approximate surface area is 122 Å². The minimum atomic E-state index is -0.493. The Balaban J connectivity index is 2.42. The molecule has 0 aliphatic heterocycles. The van der Waals surface area contributed by atoms with Crippen LogP contribution in [0.15, 0.2) is 12.1 Å². The van der Waals surface area contributed by atoms with Crippen molar-refractivity contribution in [3.05, 3.63) is 21.3 Å². The van der Waals surface area contributed by atoms with Gasteiger partial charge in [-0.05, 0) is 19.1 Å². The zero-order valence-corrected chi connectivity index (χ0v) is 13.1. The second-order valence-corrected chi connectivity index (χ2v) is 7.11. The van der Waals surface area contributed by atoms with Crippen LogP contribution in [0, 0.1) is 5.41 Å². The first kappa shape index (κ1) is 16.0. The standard InChI is InChI=1S/C13H19ClN2O2S/c1-8(9-5-6-10(14)19-9)16-11(17)7-15-12(18)13(2,3)4/h5-6,8H,7H2,1-4H3,(H,15,18)(H,16,17)/t8-/m1/s1. The van der Waals surface area contributed by atoms with Crippen LogP contribution in [0.4, 0.5) is 0 Å². The lowest BCUT2D eigenvalue weighted by Gasteiger charge is -2.18. The van der Waals surface area contributed by atoms with Crippen LogP contribution < -0.4 is 10.6 Å². The highest BCUT2D eigenvalue weighted by Crippen LogP contribution is 2.26. The molecule has 0 fully saturated rings. The summed E-state index contributed by atoms with van der Waals surface area (Å²) in [5, 5.41) is 5.43. The molecule has 0 saturated heterocycles. The Hall–Kier alpha value is -1.07. The first-order valence-electron chi connectivity index (χ1n) is 6.03. The van der Waals surface area contributed by atoms with E-state index in [9.17, 15) is 9.59 Å². The van der Waals surface area contributed by atoms with Gasteiger partial charge >= 0.3 is 0 Å². The molecule has 1 rings (SSSR count). The number of carbonyl (C=O) groups is 2. The van der Waals surface area contributed by atoms with Crippen LogP contribution >= 0.6 is 22.9 Å². The molecule has 1 atom stereocenters. The molecule has 19 heavy (non-hydrogen) atoms. The highest BCUT2D eigenvalue weighted by molar-refractivity contribution is 7.16. The molecule has 0 aliphatic rings. The molecule has 1 heterocycles. The van der Waals surface area contributed by atoms with Crippen LogP contribution in [0.25, 0.3) is 0 Å². The summed E-state index contributed by atoms with van der Waals surface area (Å²) in [7, 11) is 0. The number of hydrogen-bond donors (Lipinski definition) is 2. The number of rotatable bonds is 4. The van der Waals surface area contributed by atoms with E-state index < -0.39 is 5.41 Å². The fourth-order valence-corrected chi connectivity index (χ4v) is 2.41. The van der Waals surface area contributed by atoms with E-state index in [-0.39, 0.29) is 24.4 Å². The maximum absolute atomic E-state index is 11.7. The van der Waals surface area contributed by atoms with E-state index in [1.165, 1.54) is 11.3 Å². The van der Waals surface area contributed by atoms with Gasteiger partial charge in [-0.1, -0.05) is 32.4 Å². The summed E-state index contributed by atoms with van der Waals surface area (Å²) < 4.78 is 0.692. The lowest BCUT2D eigenvalue weighted by Crippen LogP contribution is -2.42. The summed E-state index contributed by atoms with van der Waals surface area (Å²) in [6.45, 7) is 7.27. The van der Waals surface area contributed by atoms with E-state index in [1.807, 2.05) is 13.0 Å². The topological polar surface area (TPSA) is 58.2 Å². The predicted octanol–water partition coefficient (Wildman–Crippen LogP) is 2.74. The van der Waals surface area contributed by atoms with E-state index in [0.29, 0.717) is 4.34 Å². The average molecular weight is 303 g/mol.